The van der Waals surface area contributed by atoms with Crippen molar-refractivity contribution in [1.82, 2.24) is 14.7 Å². The van der Waals surface area contributed by atoms with Crippen molar-refractivity contribution in [2.75, 3.05) is 6.61 Å². The molecule has 0 spiro atoms. The molecule has 0 radical (unpaired) electrons. The fourth-order valence-corrected chi connectivity index (χ4v) is 4.04. The van der Waals surface area contributed by atoms with Gasteiger partial charge in [-0.05, 0) is 48.5 Å². The monoisotopic (exact) mass is 478 g/mol. The molecule has 0 bridgehead atoms. The molecular formula is C23H18N4O6S. The third-order valence-electron chi connectivity index (χ3n) is 4.78. The molecule has 11 heteroatoms. The lowest BCUT2D eigenvalue weighted by Gasteiger charge is -2.08. The maximum Gasteiger partial charge on any atom is 0.338 e. The Morgan fingerprint density at radius 1 is 1.15 bits per heavy atom. The largest absolute Gasteiger partial charge is 0.507 e. The number of aliphatic hydroxyl groups is 1. The van der Waals surface area contributed by atoms with Gasteiger partial charge in [-0.2, -0.15) is 5.26 Å². The lowest BCUT2D eigenvalue weighted by molar-refractivity contribution is 0.0502. The molecule has 0 aliphatic heterocycles. The Hall–Kier alpha value is -4.40. The Morgan fingerprint density at radius 3 is 2.59 bits per heavy atom. The highest BCUT2D eigenvalue weighted by Gasteiger charge is 2.18. The van der Waals surface area contributed by atoms with Crippen LogP contribution in [-0.2, 0) is 21.3 Å². The number of ether oxygens (including phenoxy) is 1. The number of aliphatic hydroxyl groups excluding tert-OH is 1. The Bertz CT molecular complexity index is 1460. The van der Waals surface area contributed by atoms with E-state index < -0.39 is 28.4 Å². The van der Waals surface area contributed by atoms with Crippen molar-refractivity contribution in [2.24, 2.45) is 0 Å². The number of furan rings is 1. The van der Waals surface area contributed by atoms with E-state index >= 15 is 0 Å². The lowest BCUT2D eigenvalue weighted by atomic mass is 10.2. The first-order chi connectivity index (χ1) is 16.4. The SMILES string of the molecule is N#C/C(=C(/O)COC(=O)c1ccc(S(=O)(=O)NCc2ccco2)cc1)c1nc2ccccc2[nH]1. The number of imidazole rings is 1. The number of benzene rings is 2. The van der Waals surface area contributed by atoms with Gasteiger partial charge in [0.25, 0.3) is 0 Å². The number of nitriles is 1. The molecule has 4 aromatic rings. The first kappa shape index (κ1) is 22.8. The molecular weight excluding hydrogens is 460 g/mol. The van der Waals surface area contributed by atoms with Crippen LogP contribution in [0.5, 0.6) is 0 Å². The first-order valence-electron chi connectivity index (χ1n) is 9.94. The second-order valence-corrected chi connectivity index (χ2v) is 8.81. The van der Waals surface area contributed by atoms with Gasteiger partial charge in [0.15, 0.2) is 11.6 Å². The summed E-state index contributed by atoms with van der Waals surface area (Å²) in [6, 6.07) is 17.3. The van der Waals surface area contributed by atoms with Crippen molar-refractivity contribution < 1.29 is 27.5 Å². The van der Waals surface area contributed by atoms with Gasteiger partial charge in [0, 0.05) is 0 Å². The van der Waals surface area contributed by atoms with Crippen LogP contribution in [0.25, 0.3) is 16.6 Å². The Morgan fingerprint density at radius 2 is 1.91 bits per heavy atom. The number of allylic oxidation sites excluding steroid dienone is 1. The van der Waals surface area contributed by atoms with Crippen LogP contribution in [-0.4, -0.2) is 36.1 Å². The van der Waals surface area contributed by atoms with Gasteiger partial charge in [0.1, 0.15) is 24.0 Å². The van der Waals surface area contributed by atoms with E-state index in [9.17, 15) is 23.6 Å². The van der Waals surface area contributed by atoms with Gasteiger partial charge in [0.2, 0.25) is 10.0 Å². The predicted molar refractivity (Wildman–Crippen MR) is 121 cm³/mol. The van der Waals surface area contributed by atoms with Crippen LogP contribution in [0.2, 0.25) is 0 Å². The van der Waals surface area contributed by atoms with Gasteiger partial charge in [-0.3, -0.25) is 0 Å². The summed E-state index contributed by atoms with van der Waals surface area (Å²) in [6.45, 7) is -0.583. The molecule has 0 aliphatic rings. The van der Waals surface area contributed by atoms with Gasteiger partial charge in [-0.25, -0.2) is 22.9 Å². The molecule has 0 amide bonds. The number of carbonyl (C=O) groups is 1. The van der Waals surface area contributed by atoms with Gasteiger partial charge in [0.05, 0.1) is 34.3 Å². The van der Waals surface area contributed by atoms with E-state index in [1.807, 2.05) is 6.07 Å². The number of rotatable bonds is 8. The van der Waals surface area contributed by atoms with Crippen molar-refractivity contribution in [3.63, 3.8) is 0 Å². The number of para-hydroxylation sites is 2. The number of aromatic amines is 1. The second kappa shape index (κ2) is 9.62. The number of H-pyrrole nitrogens is 1. The number of aromatic nitrogens is 2. The number of fused-ring (bicyclic) bond motifs is 1. The van der Waals surface area contributed by atoms with Crippen molar-refractivity contribution in [3.8, 4) is 6.07 Å². The van der Waals surface area contributed by atoms with Crippen LogP contribution >= 0.6 is 0 Å². The number of sulfonamides is 1. The van der Waals surface area contributed by atoms with Gasteiger partial charge in [-0.15, -0.1) is 0 Å². The topological polar surface area (TPSA) is 158 Å². The molecule has 4 rings (SSSR count). The highest BCUT2D eigenvalue weighted by molar-refractivity contribution is 7.89. The minimum absolute atomic E-state index is 0.0167. The molecule has 0 aliphatic carbocycles. The van der Waals surface area contributed by atoms with E-state index in [2.05, 4.69) is 14.7 Å². The number of hydrogen-bond acceptors (Lipinski definition) is 8. The summed E-state index contributed by atoms with van der Waals surface area (Å²) in [7, 11) is -3.82. The maximum absolute atomic E-state index is 12.4. The number of hydrogen-bond donors (Lipinski definition) is 3. The Kier molecular flexibility index (Phi) is 6.44. The van der Waals surface area contributed by atoms with Crippen molar-refractivity contribution >= 4 is 32.6 Å². The molecule has 2 aromatic carbocycles. The normalized spacial score (nSPS) is 12.2. The highest BCUT2D eigenvalue weighted by atomic mass is 32.2. The van der Waals surface area contributed by atoms with Crippen LogP contribution in [0.3, 0.4) is 0 Å². The number of carbonyl (C=O) groups excluding carboxylic acids is 1. The third kappa shape index (κ3) is 4.98. The molecule has 0 saturated carbocycles. The van der Waals surface area contributed by atoms with Crippen LogP contribution < -0.4 is 4.72 Å². The van der Waals surface area contributed by atoms with Crippen molar-refractivity contribution in [2.45, 2.75) is 11.4 Å². The van der Waals surface area contributed by atoms with E-state index in [0.717, 1.165) is 0 Å². The Balaban J connectivity index is 1.41. The number of esters is 1. The molecule has 0 atom stereocenters. The molecule has 0 saturated heterocycles. The number of nitrogens with one attached hydrogen (secondary N) is 2. The minimum atomic E-state index is -3.82. The van der Waals surface area contributed by atoms with Crippen LogP contribution in [0.1, 0.15) is 21.9 Å². The third-order valence-corrected chi connectivity index (χ3v) is 6.20. The minimum Gasteiger partial charge on any atom is -0.507 e. The van der Waals surface area contributed by atoms with Crippen LogP contribution in [0.15, 0.2) is 82.0 Å². The molecule has 0 fully saturated rings. The summed E-state index contributed by atoms with van der Waals surface area (Å²) in [6.07, 6.45) is 1.44. The summed E-state index contributed by atoms with van der Waals surface area (Å²) >= 11 is 0. The average molecular weight is 478 g/mol. The number of nitrogens with zero attached hydrogens (tertiary/aromatic N) is 2. The molecule has 172 valence electrons. The predicted octanol–water partition coefficient (Wildman–Crippen LogP) is 3.28. The van der Waals surface area contributed by atoms with Gasteiger partial charge >= 0.3 is 5.97 Å². The molecule has 10 nitrogen and oxygen atoms in total. The quantitative estimate of drug-likeness (QED) is 0.198. The Labute approximate surface area is 194 Å². The summed E-state index contributed by atoms with van der Waals surface area (Å²) in [5, 5.41) is 19.7. The molecule has 3 N–H and O–H groups in total. The second-order valence-electron chi connectivity index (χ2n) is 7.04. The zero-order chi connectivity index (χ0) is 24.1. The summed E-state index contributed by atoms with van der Waals surface area (Å²) < 4.78 is 37.3. The molecule has 2 aromatic heterocycles. The molecule has 0 unspecified atom stereocenters. The van der Waals surface area contributed by atoms with Crippen molar-refractivity contribution in [1.29, 1.82) is 5.26 Å². The lowest BCUT2D eigenvalue weighted by Crippen LogP contribution is -2.23. The first-order valence-corrected chi connectivity index (χ1v) is 11.4. The highest BCUT2D eigenvalue weighted by Crippen LogP contribution is 2.19. The fourth-order valence-electron chi connectivity index (χ4n) is 3.05. The zero-order valence-corrected chi connectivity index (χ0v) is 18.4. The molecule has 2 heterocycles. The molecule has 34 heavy (non-hydrogen) atoms. The van der Waals surface area contributed by atoms with E-state index in [-0.39, 0.29) is 28.4 Å². The summed E-state index contributed by atoms with van der Waals surface area (Å²) in [4.78, 5) is 19.5. The zero-order valence-electron chi connectivity index (χ0n) is 17.6. The average Bonchev–Trinajstić information content (AvgIpc) is 3.51. The standard InChI is InChI=1S/C23H18N4O6S/c24-12-18(22-26-19-5-1-2-6-20(19)27-22)21(28)14-33-23(29)15-7-9-17(10-8-15)34(30,31)25-13-16-4-3-11-32-16/h1-11,25,28H,13-14H2,(H,26,27)/b21-18-. The van der Waals surface area contributed by atoms with E-state index in [4.69, 9.17) is 9.15 Å². The van der Waals surface area contributed by atoms with E-state index in [0.29, 0.717) is 16.8 Å². The maximum atomic E-state index is 12.4. The summed E-state index contributed by atoms with van der Waals surface area (Å²) in [5.41, 5.74) is 1.21. The summed E-state index contributed by atoms with van der Waals surface area (Å²) in [5.74, 6) is -0.679. The van der Waals surface area contributed by atoms with E-state index in [1.54, 1.807) is 36.4 Å². The van der Waals surface area contributed by atoms with E-state index in [1.165, 1.54) is 30.5 Å². The smallest absolute Gasteiger partial charge is 0.338 e. The van der Waals surface area contributed by atoms with Gasteiger partial charge < -0.3 is 19.2 Å². The van der Waals surface area contributed by atoms with Crippen LogP contribution in [0.4, 0.5) is 0 Å². The fraction of sp³-hybridized carbons (Fsp3) is 0.0870. The van der Waals surface area contributed by atoms with Gasteiger partial charge in [-0.1, -0.05) is 12.1 Å². The van der Waals surface area contributed by atoms with Crippen LogP contribution in [0, 0.1) is 11.3 Å². The van der Waals surface area contributed by atoms with Crippen molar-refractivity contribution in [3.05, 3.63) is 89.8 Å².